The van der Waals surface area contributed by atoms with Crippen molar-refractivity contribution in [2.24, 2.45) is 11.3 Å². The smallest absolute Gasteiger partial charge is 0.314 e. The van der Waals surface area contributed by atoms with Crippen molar-refractivity contribution in [3.05, 3.63) is 12.2 Å². The van der Waals surface area contributed by atoms with Gasteiger partial charge in [0, 0.05) is 0 Å². The number of carbonyl (C=O) groups is 1. The molecule has 0 aliphatic heterocycles. The number of hydrogen-bond donors (Lipinski definition) is 1. The van der Waals surface area contributed by atoms with E-state index < -0.39 is 11.4 Å². The maximum Gasteiger partial charge on any atom is 0.314 e. The summed E-state index contributed by atoms with van der Waals surface area (Å²) in [7, 11) is 0. The van der Waals surface area contributed by atoms with Gasteiger partial charge in [0.1, 0.15) is 0 Å². The molecule has 2 heteroatoms. The average molecular weight is 124 g/mol. The molecule has 2 aliphatic rings. The lowest BCUT2D eigenvalue weighted by atomic mass is 9.53. The van der Waals surface area contributed by atoms with E-state index in [4.69, 9.17) is 5.11 Å². The Balaban J connectivity index is 2.28. The van der Waals surface area contributed by atoms with E-state index in [9.17, 15) is 4.79 Å². The lowest BCUT2D eigenvalue weighted by Crippen LogP contribution is -2.49. The summed E-state index contributed by atoms with van der Waals surface area (Å²) in [4.78, 5) is 10.5. The predicted molar refractivity (Wildman–Crippen MR) is 31.9 cm³/mol. The standard InChI is InChI=1S/C7H8O2/c8-6(9)7-3-1-5(7)2-4-7/h1,3,5H,2,4H2,(H,8,9)/t5?,7-/m1/s1. The molecule has 0 spiro atoms. The van der Waals surface area contributed by atoms with Crippen molar-refractivity contribution in [2.75, 3.05) is 0 Å². The zero-order chi connectivity index (χ0) is 6.48. The van der Waals surface area contributed by atoms with Crippen LogP contribution in [0.3, 0.4) is 0 Å². The molecule has 1 N–H and O–H groups in total. The van der Waals surface area contributed by atoms with Gasteiger partial charge in [-0.2, -0.15) is 0 Å². The van der Waals surface area contributed by atoms with Crippen molar-refractivity contribution in [3.63, 3.8) is 0 Å². The maximum atomic E-state index is 10.5. The Morgan fingerprint density at radius 1 is 1.78 bits per heavy atom. The van der Waals surface area contributed by atoms with Crippen LogP contribution >= 0.6 is 0 Å². The van der Waals surface area contributed by atoms with Crippen LogP contribution in [0.5, 0.6) is 0 Å². The Morgan fingerprint density at radius 2 is 2.56 bits per heavy atom. The molecule has 2 rings (SSSR count). The Bertz CT molecular complexity index is 195. The van der Waals surface area contributed by atoms with Gasteiger partial charge < -0.3 is 5.11 Å². The molecule has 2 atom stereocenters. The molecule has 0 amide bonds. The summed E-state index contributed by atoms with van der Waals surface area (Å²) >= 11 is 0. The fourth-order valence-corrected chi connectivity index (χ4v) is 1.60. The van der Waals surface area contributed by atoms with Crippen molar-refractivity contribution in [2.45, 2.75) is 12.8 Å². The zero-order valence-corrected chi connectivity index (χ0v) is 5.00. The summed E-state index contributed by atoms with van der Waals surface area (Å²) in [5, 5.41) is 8.66. The van der Waals surface area contributed by atoms with Crippen LogP contribution in [-0.4, -0.2) is 11.1 Å². The third-order valence-corrected chi connectivity index (χ3v) is 2.55. The second-order valence-corrected chi connectivity index (χ2v) is 2.85. The quantitative estimate of drug-likeness (QED) is 0.530. The van der Waals surface area contributed by atoms with Crippen molar-refractivity contribution in [3.8, 4) is 0 Å². The van der Waals surface area contributed by atoms with Gasteiger partial charge in [-0.15, -0.1) is 0 Å². The maximum absolute atomic E-state index is 10.5. The van der Waals surface area contributed by atoms with E-state index in [1.807, 2.05) is 12.2 Å². The lowest BCUT2D eigenvalue weighted by molar-refractivity contribution is -0.155. The molecule has 0 saturated heterocycles. The molecule has 0 heterocycles. The second kappa shape index (κ2) is 1.20. The number of aliphatic carboxylic acids is 1. The highest BCUT2D eigenvalue weighted by Gasteiger charge is 2.54. The Kier molecular flexibility index (Phi) is 0.672. The summed E-state index contributed by atoms with van der Waals surface area (Å²) in [6.45, 7) is 0. The van der Waals surface area contributed by atoms with Gasteiger partial charge in [-0.3, -0.25) is 4.79 Å². The van der Waals surface area contributed by atoms with Crippen LogP contribution in [0.2, 0.25) is 0 Å². The number of allylic oxidation sites excluding steroid dienone is 1. The lowest BCUT2D eigenvalue weighted by Gasteiger charge is -2.49. The van der Waals surface area contributed by atoms with Gasteiger partial charge >= 0.3 is 5.97 Å². The van der Waals surface area contributed by atoms with Gasteiger partial charge in [-0.25, -0.2) is 0 Å². The van der Waals surface area contributed by atoms with E-state index >= 15 is 0 Å². The molecular formula is C7H8O2. The van der Waals surface area contributed by atoms with Gasteiger partial charge in [0.05, 0.1) is 5.41 Å². The van der Waals surface area contributed by atoms with Crippen molar-refractivity contribution >= 4 is 5.97 Å². The van der Waals surface area contributed by atoms with E-state index in [1.54, 1.807) is 0 Å². The summed E-state index contributed by atoms with van der Waals surface area (Å²) < 4.78 is 0. The predicted octanol–water partition coefficient (Wildman–Crippen LogP) is 1.04. The highest BCUT2D eigenvalue weighted by atomic mass is 16.4. The molecular weight excluding hydrogens is 116 g/mol. The largest absolute Gasteiger partial charge is 0.481 e. The SMILES string of the molecule is O=C(O)[C@@]12C=CC1CC2. The number of carboxylic acids is 1. The van der Waals surface area contributed by atoms with Crippen LogP contribution in [0, 0.1) is 11.3 Å². The van der Waals surface area contributed by atoms with Gasteiger partial charge in [-0.05, 0) is 18.8 Å². The Labute approximate surface area is 53.2 Å². The summed E-state index contributed by atoms with van der Waals surface area (Å²) in [6, 6.07) is 0. The molecule has 2 nitrogen and oxygen atoms in total. The van der Waals surface area contributed by atoms with E-state index in [0.717, 1.165) is 12.8 Å². The second-order valence-electron chi connectivity index (χ2n) is 2.85. The summed E-state index contributed by atoms with van der Waals surface area (Å²) in [5.41, 5.74) is -0.403. The molecule has 48 valence electrons. The third kappa shape index (κ3) is 0.363. The van der Waals surface area contributed by atoms with Crippen LogP contribution in [0.4, 0.5) is 0 Å². The first-order chi connectivity index (χ1) is 4.26. The molecule has 0 aromatic heterocycles. The average Bonchev–Trinajstić information content (AvgIpc) is 1.76. The normalized spacial score (nSPS) is 44.7. The van der Waals surface area contributed by atoms with E-state index in [2.05, 4.69) is 0 Å². The molecule has 2 aliphatic carbocycles. The molecule has 0 aromatic carbocycles. The van der Waals surface area contributed by atoms with Gasteiger partial charge in [0.15, 0.2) is 0 Å². The van der Waals surface area contributed by atoms with Gasteiger partial charge in [-0.1, -0.05) is 12.2 Å². The minimum Gasteiger partial charge on any atom is -0.481 e. The van der Waals surface area contributed by atoms with Crippen LogP contribution in [0.15, 0.2) is 12.2 Å². The monoisotopic (exact) mass is 124 g/mol. The molecule has 9 heavy (non-hydrogen) atoms. The zero-order valence-electron chi connectivity index (χ0n) is 5.00. The number of fused-ring (bicyclic) bond motifs is 1. The molecule has 1 saturated carbocycles. The first kappa shape index (κ1) is 5.03. The highest BCUT2D eigenvalue weighted by Crippen LogP contribution is 2.55. The van der Waals surface area contributed by atoms with Gasteiger partial charge in [0.25, 0.3) is 0 Å². The number of rotatable bonds is 1. The van der Waals surface area contributed by atoms with Crippen molar-refractivity contribution < 1.29 is 9.90 Å². The summed E-state index contributed by atoms with van der Waals surface area (Å²) in [6.07, 6.45) is 5.74. The van der Waals surface area contributed by atoms with Crippen LogP contribution in [0.25, 0.3) is 0 Å². The Morgan fingerprint density at radius 3 is 2.56 bits per heavy atom. The molecule has 1 unspecified atom stereocenters. The Hall–Kier alpha value is -0.790. The topological polar surface area (TPSA) is 37.3 Å². The number of carboxylic acid groups (broad SMARTS) is 1. The fourth-order valence-electron chi connectivity index (χ4n) is 1.60. The van der Waals surface area contributed by atoms with E-state index in [-0.39, 0.29) is 0 Å². The van der Waals surface area contributed by atoms with Gasteiger partial charge in [0.2, 0.25) is 0 Å². The van der Waals surface area contributed by atoms with Crippen LogP contribution < -0.4 is 0 Å². The molecule has 0 bridgehead atoms. The molecule has 0 aromatic rings. The van der Waals surface area contributed by atoms with Crippen molar-refractivity contribution in [1.29, 1.82) is 0 Å². The van der Waals surface area contributed by atoms with Crippen LogP contribution in [0.1, 0.15) is 12.8 Å². The fraction of sp³-hybridized carbons (Fsp3) is 0.571. The van der Waals surface area contributed by atoms with Crippen molar-refractivity contribution in [1.82, 2.24) is 0 Å². The third-order valence-electron chi connectivity index (χ3n) is 2.55. The van der Waals surface area contributed by atoms with E-state index in [1.165, 1.54) is 0 Å². The number of hydrogen-bond acceptors (Lipinski definition) is 1. The van der Waals surface area contributed by atoms with E-state index in [0.29, 0.717) is 5.92 Å². The first-order valence-corrected chi connectivity index (χ1v) is 3.18. The minimum atomic E-state index is -0.638. The minimum absolute atomic E-state index is 0.370. The molecule has 0 radical (unpaired) electrons. The summed E-state index contributed by atoms with van der Waals surface area (Å²) in [5.74, 6) is -0.267. The first-order valence-electron chi connectivity index (χ1n) is 3.18. The highest BCUT2D eigenvalue weighted by molar-refractivity contribution is 5.81. The molecule has 1 fully saturated rings. The van der Waals surface area contributed by atoms with Crippen LogP contribution in [-0.2, 0) is 4.79 Å².